The predicted octanol–water partition coefficient (Wildman–Crippen LogP) is 2.60. The molecule has 86 valence electrons. The van der Waals surface area contributed by atoms with Gasteiger partial charge in [-0.05, 0) is 31.2 Å². The molecule has 1 aromatic carbocycles. The van der Waals surface area contributed by atoms with Crippen molar-refractivity contribution in [3.63, 3.8) is 0 Å². The molecule has 0 fully saturated rings. The summed E-state index contributed by atoms with van der Waals surface area (Å²) in [7, 11) is 0. The minimum absolute atomic E-state index is 0.00220. The van der Waals surface area contributed by atoms with Crippen molar-refractivity contribution < 1.29 is 9.59 Å². The monoisotopic (exact) mass is 246 g/mol. The average Bonchev–Trinajstić information content (AvgIpc) is 2.83. The molecule has 0 saturated carbocycles. The first kappa shape index (κ1) is 11.5. The summed E-state index contributed by atoms with van der Waals surface area (Å²) in [6.07, 6.45) is 0. The number of ketones is 1. The van der Waals surface area contributed by atoms with Gasteiger partial charge < -0.3 is 5.32 Å². The van der Waals surface area contributed by atoms with Crippen molar-refractivity contribution >= 4 is 28.7 Å². The van der Waals surface area contributed by atoms with Crippen LogP contribution >= 0.6 is 11.3 Å². The van der Waals surface area contributed by atoms with Gasteiger partial charge in [0.2, 0.25) is 0 Å². The summed E-state index contributed by atoms with van der Waals surface area (Å²) >= 11 is 1.37. The molecule has 1 heterocycles. The van der Waals surface area contributed by atoms with Crippen molar-refractivity contribution in [3.05, 3.63) is 46.4 Å². The highest BCUT2D eigenvalue weighted by atomic mass is 32.1. The lowest BCUT2D eigenvalue weighted by Crippen LogP contribution is -2.12. The van der Waals surface area contributed by atoms with E-state index in [1.807, 2.05) is 0 Å². The fourth-order valence-corrected chi connectivity index (χ4v) is 1.84. The number of carbonyl (C=O) groups excluding carboxylic acids is 2. The van der Waals surface area contributed by atoms with Crippen LogP contribution in [-0.4, -0.2) is 16.7 Å². The van der Waals surface area contributed by atoms with Gasteiger partial charge in [-0.3, -0.25) is 9.59 Å². The Balaban J connectivity index is 2.09. The van der Waals surface area contributed by atoms with Gasteiger partial charge in [-0.25, -0.2) is 4.98 Å². The van der Waals surface area contributed by atoms with Gasteiger partial charge in [0, 0.05) is 16.6 Å². The first-order valence-corrected chi connectivity index (χ1v) is 5.91. The van der Waals surface area contributed by atoms with Crippen LogP contribution in [0.4, 0.5) is 5.69 Å². The van der Waals surface area contributed by atoms with Crippen LogP contribution in [0.1, 0.15) is 27.8 Å². The van der Waals surface area contributed by atoms with E-state index < -0.39 is 0 Å². The van der Waals surface area contributed by atoms with E-state index in [1.165, 1.54) is 18.3 Å². The zero-order chi connectivity index (χ0) is 12.3. The number of hydrogen-bond acceptors (Lipinski definition) is 4. The van der Waals surface area contributed by atoms with Crippen LogP contribution in [0.2, 0.25) is 0 Å². The fourth-order valence-electron chi connectivity index (χ4n) is 1.31. The van der Waals surface area contributed by atoms with Gasteiger partial charge in [0.25, 0.3) is 5.91 Å². The second-order valence-corrected chi connectivity index (χ2v) is 4.18. The van der Waals surface area contributed by atoms with Crippen molar-refractivity contribution in [2.45, 2.75) is 6.92 Å². The second-order valence-electron chi connectivity index (χ2n) is 3.46. The summed E-state index contributed by atoms with van der Waals surface area (Å²) in [4.78, 5) is 26.6. The van der Waals surface area contributed by atoms with E-state index in [9.17, 15) is 9.59 Å². The smallest absolute Gasteiger partial charge is 0.275 e. The molecule has 0 radical (unpaired) electrons. The van der Waals surface area contributed by atoms with Crippen LogP contribution in [0.5, 0.6) is 0 Å². The molecule has 0 bridgehead atoms. The molecule has 0 saturated heterocycles. The molecular weight excluding hydrogens is 236 g/mol. The number of nitrogens with one attached hydrogen (secondary N) is 1. The van der Waals surface area contributed by atoms with Gasteiger partial charge in [0.15, 0.2) is 5.78 Å². The molecule has 1 N–H and O–H groups in total. The van der Waals surface area contributed by atoms with E-state index in [0.717, 1.165) is 0 Å². The van der Waals surface area contributed by atoms with Crippen molar-refractivity contribution in [1.82, 2.24) is 4.98 Å². The quantitative estimate of drug-likeness (QED) is 0.847. The number of nitrogens with zero attached hydrogens (tertiary/aromatic N) is 1. The molecule has 17 heavy (non-hydrogen) atoms. The van der Waals surface area contributed by atoms with Gasteiger partial charge in [-0.2, -0.15) is 0 Å². The Kier molecular flexibility index (Phi) is 3.30. The second kappa shape index (κ2) is 4.88. The van der Waals surface area contributed by atoms with Crippen LogP contribution in [0, 0.1) is 0 Å². The largest absolute Gasteiger partial charge is 0.321 e. The first-order valence-electron chi connectivity index (χ1n) is 4.97. The molecule has 0 aliphatic heterocycles. The Morgan fingerprint density at radius 1 is 1.24 bits per heavy atom. The molecule has 1 amide bonds. The van der Waals surface area contributed by atoms with E-state index >= 15 is 0 Å². The highest BCUT2D eigenvalue weighted by molar-refractivity contribution is 7.07. The number of hydrogen-bond donors (Lipinski definition) is 1. The van der Waals surface area contributed by atoms with Crippen molar-refractivity contribution in [2.24, 2.45) is 0 Å². The number of rotatable bonds is 3. The summed E-state index contributed by atoms with van der Waals surface area (Å²) in [5, 5.41) is 4.38. The van der Waals surface area contributed by atoms with Crippen LogP contribution in [0.15, 0.2) is 35.2 Å². The minimum atomic E-state index is -0.248. The predicted molar refractivity (Wildman–Crippen MR) is 66.5 cm³/mol. The van der Waals surface area contributed by atoms with Crippen molar-refractivity contribution in [1.29, 1.82) is 0 Å². The standard InChI is InChI=1S/C12H10N2O2S/c1-8(15)9-2-4-10(5-3-9)14-12(16)11-6-17-7-13-11/h2-7H,1H3,(H,14,16). The van der Waals surface area contributed by atoms with Gasteiger partial charge in [-0.15, -0.1) is 11.3 Å². The van der Waals surface area contributed by atoms with Crippen molar-refractivity contribution in [3.8, 4) is 0 Å². The van der Waals surface area contributed by atoms with Crippen LogP contribution in [-0.2, 0) is 0 Å². The highest BCUT2D eigenvalue weighted by Gasteiger charge is 2.07. The SMILES string of the molecule is CC(=O)c1ccc(NC(=O)c2cscn2)cc1. The van der Waals surface area contributed by atoms with E-state index in [0.29, 0.717) is 16.9 Å². The molecule has 0 unspecified atom stereocenters. The molecule has 2 rings (SSSR count). The normalized spacial score (nSPS) is 9.94. The lowest BCUT2D eigenvalue weighted by molar-refractivity contribution is 0.101. The molecule has 0 aliphatic carbocycles. The summed E-state index contributed by atoms with van der Waals surface area (Å²) in [5.41, 5.74) is 3.27. The summed E-state index contributed by atoms with van der Waals surface area (Å²) in [6, 6.07) is 6.75. The maximum absolute atomic E-state index is 11.7. The zero-order valence-corrected chi connectivity index (χ0v) is 9.95. The lowest BCUT2D eigenvalue weighted by Gasteiger charge is -2.03. The molecule has 1 aromatic heterocycles. The first-order chi connectivity index (χ1) is 8.16. The summed E-state index contributed by atoms with van der Waals surface area (Å²) < 4.78 is 0. The third-order valence-corrected chi connectivity index (χ3v) is 2.80. The number of carbonyl (C=O) groups is 2. The van der Waals surface area contributed by atoms with Crippen LogP contribution < -0.4 is 5.32 Å². The van der Waals surface area contributed by atoms with Gasteiger partial charge in [0.05, 0.1) is 5.51 Å². The van der Waals surface area contributed by atoms with E-state index in [2.05, 4.69) is 10.3 Å². The van der Waals surface area contributed by atoms with Gasteiger partial charge >= 0.3 is 0 Å². The minimum Gasteiger partial charge on any atom is -0.321 e. The topological polar surface area (TPSA) is 59.1 Å². The van der Waals surface area contributed by atoms with E-state index in [-0.39, 0.29) is 11.7 Å². The Labute approximate surface area is 102 Å². The average molecular weight is 246 g/mol. The number of aromatic nitrogens is 1. The Bertz CT molecular complexity index is 532. The highest BCUT2D eigenvalue weighted by Crippen LogP contribution is 2.11. The van der Waals surface area contributed by atoms with Crippen molar-refractivity contribution in [2.75, 3.05) is 5.32 Å². The Hall–Kier alpha value is -2.01. The van der Waals surface area contributed by atoms with Gasteiger partial charge in [-0.1, -0.05) is 0 Å². The van der Waals surface area contributed by atoms with Gasteiger partial charge in [0.1, 0.15) is 5.69 Å². The Morgan fingerprint density at radius 3 is 2.47 bits per heavy atom. The third kappa shape index (κ3) is 2.76. The maximum atomic E-state index is 11.7. The van der Waals surface area contributed by atoms with Crippen LogP contribution in [0.3, 0.4) is 0 Å². The summed E-state index contributed by atoms with van der Waals surface area (Å²) in [6.45, 7) is 1.50. The molecule has 4 nitrogen and oxygen atoms in total. The number of benzene rings is 1. The number of anilines is 1. The lowest BCUT2D eigenvalue weighted by atomic mass is 10.1. The number of amides is 1. The molecule has 0 aliphatic rings. The fraction of sp³-hybridized carbons (Fsp3) is 0.0833. The third-order valence-electron chi connectivity index (χ3n) is 2.21. The molecule has 0 spiro atoms. The number of thiazole rings is 1. The molecular formula is C12H10N2O2S. The van der Waals surface area contributed by atoms with Crippen LogP contribution in [0.25, 0.3) is 0 Å². The zero-order valence-electron chi connectivity index (χ0n) is 9.14. The van der Waals surface area contributed by atoms with E-state index in [1.54, 1.807) is 35.2 Å². The molecule has 2 aromatic rings. The maximum Gasteiger partial charge on any atom is 0.275 e. The molecule has 0 atom stereocenters. The Morgan fingerprint density at radius 2 is 1.94 bits per heavy atom. The summed E-state index contributed by atoms with van der Waals surface area (Å²) in [5.74, 6) is -0.246. The van der Waals surface area contributed by atoms with E-state index in [4.69, 9.17) is 0 Å². The molecule has 5 heteroatoms. The number of Topliss-reactive ketones (excluding diaryl/α,β-unsaturated/α-hetero) is 1.